The van der Waals surface area contributed by atoms with Crippen molar-refractivity contribution in [2.45, 2.75) is 25.6 Å². The minimum Gasteiger partial charge on any atom is -0.397 e. The molecule has 0 fully saturated rings. The normalized spacial score (nSPS) is 12.8. The number of nitrogen functional groups attached to an aromatic ring is 1. The van der Waals surface area contributed by atoms with Gasteiger partial charge in [0.15, 0.2) is 0 Å². The zero-order valence-corrected chi connectivity index (χ0v) is 12.1. The van der Waals surface area contributed by atoms with Crippen LogP contribution in [-0.2, 0) is 0 Å². The lowest BCUT2D eigenvalue weighted by atomic mass is 10.2. The number of anilines is 2. The second-order valence-electron chi connectivity index (χ2n) is 4.36. The molecule has 1 aromatic rings. The lowest BCUT2D eigenvalue weighted by Crippen LogP contribution is -2.26. The summed E-state index contributed by atoms with van der Waals surface area (Å²) in [5, 5.41) is 4.94. The topological polar surface area (TPSA) is 110 Å². The predicted molar refractivity (Wildman–Crippen MR) is 74.4 cm³/mol. The number of nitrogens with two attached hydrogens (primary N) is 2. The van der Waals surface area contributed by atoms with E-state index in [0.29, 0.717) is 0 Å². The van der Waals surface area contributed by atoms with E-state index in [1.54, 1.807) is 0 Å². The summed E-state index contributed by atoms with van der Waals surface area (Å²) in [5.41, 5.74) is 10.6. The molecule has 1 heterocycles. The first-order valence-electron chi connectivity index (χ1n) is 5.84. The van der Waals surface area contributed by atoms with Crippen molar-refractivity contribution in [3.05, 3.63) is 10.4 Å². The van der Waals surface area contributed by atoms with E-state index >= 15 is 0 Å². The number of alkyl halides is 3. The minimum atomic E-state index is -4.35. The van der Waals surface area contributed by atoms with Gasteiger partial charge in [-0.25, -0.2) is 0 Å². The number of nitrogens with one attached hydrogen (secondary N) is 2. The van der Waals surface area contributed by atoms with Gasteiger partial charge in [0.25, 0.3) is 11.8 Å². The molecule has 0 saturated heterocycles. The van der Waals surface area contributed by atoms with Crippen LogP contribution >= 0.6 is 11.3 Å². The first kappa shape index (κ1) is 17.1. The summed E-state index contributed by atoms with van der Waals surface area (Å²) in [7, 11) is 1.34. The molecule has 0 spiro atoms. The SMILES string of the molecule is CNC(=O)c1c(NC(C)CC(F)(F)F)sc(C(N)=O)c1N. The monoisotopic (exact) mass is 324 g/mol. The largest absolute Gasteiger partial charge is 0.397 e. The van der Waals surface area contributed by atoms with Crippen LogP contribution in [0.2, 0.25) is 0 Å². The highest BCUT2D eigenvalue weighted by Crippen LogP contribution is 2.36. The maximum Gasteiger partial charge on any atom is 0.391 e. The van der Waals surface area contributed by atoms with Gasteiger partial charge in [-0.05, 0) is 6.92 Å². The number of carbonyl (C=O) groups is 2. The van der Waals surface area contributed by atoms with Crippen LogP contribution < -0.4 is 22.1 Å². The molecular weight excluding hydrogens is 309 g/mol. The summed E-state index contributed by atoms with van der Waals surface area (Å²) < 4.78 is 37.0. The highest BCUT2D eigenvalue weighted by Gasteiger charge is 2.31. The molecule has 0 radical (unpaired) electrons. The van der Waals surface area contributed by atoms with Crippen LogP contribution in [0.25, 0.3) is 0 Å². The third-order valence-electron chi connectivity index (χ3n) is 2.54. The summed E-state index contributed by atoms with van der Waals surface area (Å²) in [4.78, 5) is 22.9. The van der Waals surface area contributed by atoms with Crippen LogP contribution in [0.15, 0.2) is 0 Å². The molecular formula is C11H15F3N4O2S. The van der Waals surface area contributed by atoms with E-state index in [2.05, 4.69) is 10.6 Å². The fourth-order valence-corrected chi connectivity index (χ4v) is 2.78. The summed E-state index contributed by atoms with van der Waals surface area (Å²) in [6.07, 6.45) is -5.45. The second kappa shape index (κ2) is 6.20. The van der Waals surface area contributed by atoms with Crippen LogP contribution in [0, 0.1) is 0 Å². The maximum absolute atomic E-state index is 12.3. The van der Waals surface area contributed by atoms with E-state index in [1.165, 1.54) is 14.0 Å². The Kier molecular flexibility index (Phi) is 5.05. The summed E-state index contributed by atoms with van der Waals surface area (Å²) >= 11 is 0.753. The van der Waals surface area contributed by atoms with E-state index < -0.39 is 30.5 Å². The molecule has 10 heteroatoms. The van der Waals surface area contributed by atoms with E-state index in [-0.39, 0.29) is 21.1 Å². The quantitative estimate of drug-likeness (QED) is 0.658. The lowest BCUT2D eigenvalue weighted by molar-refractivity contribution is -0.136. The molecule has 0 aliphatic rings. The highest BCUT2D eigenvalue weighted by atomic mass is 32.1. The molecule has 0 aliphatic carbocycles. The number of thiophene rings is 1. The van der Waals surface area contributed by atoms with Gasteiger partial charge in [-0.15, -0.1) is 11.3 Å². The summed E-state index contributed by atoms with van der Waals surface area (Å²) in [5.74, 6) is -1.46. The van der Waals surface area contributed by atoms with Gasteiger partial charge in [0, 0.05) is 13.1 Å². The third-order valence-corrected chi connectivity index (χ3v) is 3.69. The van der Waals surface area contributed by atoms with Gasteiger partial charge in [0.05, 0.1) is 17.7 Å². The summed E-state index contributed by atoms with van der Waals surface area (Å²) in [6, 6.07) is -0.993. The second-order valence-corrected chi connectivity index (χ2v) is 5.38. The summed E-state index contributed by atoms with van der Waals surface area (Å²) in [6.45, 7) is 1.31. The number of hydrogen-bond acceptors (Lipinski definition) is 5. The predicted octanol–water partition coefficient (Wildman–Crippen LogP) is 1.54. The molecule has 6 nitrogen and oxygen atoms in total. The Balaban J connectivity index is 3.13. The Morgan fingerprint density at radius 3 is 2.38 bits per heavy atom. The number of halogens is 3. The fraction of sp³-hybridized carbons (Fsp3) is 0.455. The molecule has 0 saturated carbocycles. The van der Waals surface area contributed by atoms with Gasteiger partial charge in [-0.3, -0.25) is 9.59 Å². The van der Waals surface area contributed by atoms with Crippen molar-refractivity contribution < 1.29 is 22.8 Å². The Hall–Kier alpha value is -1.97. The molecule has 0 aromatic carbocycles. The zero-order valence-electron chi connectivity index (χ0n) is 11.3. The van der Waals surface area contributed by atoms with Crippen molar-refractivity contribution in [3.8, 4) is 0 Å². The number of carbonyl (C=O) groups excluding carboxylic acids is 2. The molecule has 2 amide bonds. The van der Waals surface area contributed by atoms with E-state index in [0.717, 1.165) is 11.3 Å². The Morgan fingerprint density at radius 2 is 1.95 bits per heavy atom. The van der Waals surface area contributed by atoms with E-state index in [4.69, 9.17) is 11.5 Å². The molecule has 6 N–H and O–H groups in total. The van der Waals surface area contributed by atoms with Gasteiger partial charge >= 0.3 is 6.18 Å². The van der Waals surface area contributed by atoms with Crippen molar-refractivity contribution in [2.75, 3.05) is 18.1 Å². The third kappa shape index (κ3) is 4.25. The van der Waals surface area contributed by atoms with Crippen molar-refractivity contribution in [2.24, 2.45) is 5.73 Å². The van der Waals surface area contributed by atoms with Crippen LogP contribution in [0.4, 0.5) is 23.9 Å². The van der Waals surface area contributed by atoms with Crippen molar-refractivity contribution in [3.63, 3.8) is 0 Å². The van der Waals surface area contributed by atoms with Crippen LogP contribution in [-0.4, -0.2) is 31.1 Å². The van der Waals surface area contributed by atoms with E-state index in [9.17, 15) is 22.8 Å². The van der Waals surface area contributed by atoms with Gasteiger partial charge in [-0.2, -0.15) is 13.2 Å². The minimum absolute atomic E-state index is 0.0738. The molecule has 1 aromatic heterocycles. The molecule has 1 rings (SSSR count). The molecule has 1 unspecified atom stereocenters. The van der Waals surface area contributed by atoms with Gasteiger partial charge in [0.2, 0.25) is 0 Å². The van der Waals surface area contributed by atoms with Gasteiger partial charge < -0.3 is 22.1 Å². The van der Waals surface area contributed by atoms with Crippen molar-refractivity contribution in [1.82, 2.24) is 5.32 Å². The Bertz CT molecular complexity index is 556. The Labute approximate surface area is 122 Å². The first-order chi connectivity index (χ1) is 9.56. The van der Waals surface area contributed by atoms with Gasteiger partial charge in [0.1, 0.15) is 9.88 Å². The van der Waals surface area contributed by atoms with Crippen molar-refractivity contribution >= 4 is 33.8 Å². The van der Waals surface area contributed by atoms with Crippen LogP contribution in [0.5, 0.6) is 0 Å². The molecule has 21 heavy (non-hydrogen) atoms. The molecule has 1 atom stereocenters. The maximum atomic E-state index is 12.3. The number of amides is 2. The first-order valence-corrected chi connectivity index (χ1v) is 6.66. The average molecular weight is 324 g/mol. The average Bonchev–Trinajstić information content (AvgIpc) is 2.63. The standard InChI is InChI=1S/C11H15F3N4O2S/c1-4(3-11(12,13)14)18-10-5(9(20)17-2)6(15)7(21-10)8(16)19/h4,18H,3,15H2,1-2H3,(H2,16,19)(H,17,20). The fourth-order valence-electron chi connectivity index (χ4n) is 1.70. The Morgan fingerprint density at radius 1 is 1.38 bits per heavy atom. The number of primary amides is 1. The number of rotatable bonds is 5. The zero-order chi connectivity index (χ0) is 16.4. The van der Waals surface area contributed by atoms with Gasteiger partial charge in [-0.1, -0.05) is 0 Å². The van der Waals surface area contributed by atoms with Crippen LogP contribution in [0.1, 0.15) is 33.4 Å². The van der Waals surface area contributed by atoms with E-state index in [1.807, 2.05) is 0 Å². The van der Waals surface area contributed by atoms with Crippen LogP contribution in [0.3, 0.4) is 0 Å². The molecule has 0 aliphatic heterocycles. The molecule has 118 valence electrons. The lowest BCUT2D eigenvalue weighted by Gasteiger charge is -2.16. The molecule has 0 bridgehead atoms. The van der Waals surface area contributed by atoms with Crippen molar-refractivity contribution in [1.29, 1.82) is 0 Å². The number of hydrogen-bond donors (Lipinski definition) is 4. The smallest absolute Gasteiger partial charge is 0.391 e. The highest BCUT2D eigenvalue weighted by molar-refractivity contribution is 7.19.